The number of pyridine rings is 1. The highest BCUT2D eigenvalue weighted by Gasteiger charge is 2.60. The minimum Gasteiger partial charge on any atom is -0.363 e. The summed E-state index contributed by atoms with van der Waals surface area (Å²) in [6, 6.07) is 21.6. The number of fused-ring (bicyclic) bond motifs is 4. The molecule has 0 unspecified atom stereocenters. The van der Waals surface area contributed by atoms with Crippen molar-refractivity contribution in [3.05, 3.63) is 83.5 Å². The zero-order valence-corrected chi connectivity index (χ0v) is 19.1. The molecule has 0 radical (unpaired) electrons. The molecule has 1 saturated heterocycles. The Kier molecular flexibility index (Phi) is 4.66. The largest absolute Gasteiger partial charge is 0.363 e. The predicted octanol–water partition coefficient (Wildman–Crippen LogP) is 4.40. The first-order valence-electron chi connectivity index (χ1n) is 11.2. The van der Waals surface area contributed by atoms with Gasteiger partial charge >= 0.3 is 0 Å². The van der Waals surface area contributed by atoms with Crippen molar-refractivity contribution in [1.29, 1.82) is 0 Å². The number of hydrogen-bond acceptors (Lipinski definition) is 5. The van der Waals surface area contributed by atoms with Crippen LogP contribution < -0.4 is 14.8 Å². The summed E-state index contributed by atoms with van der Waals surface area (Å²) in [6.45, 7) is 4.29. The molecule has 0 N–H and O–H groups in total. The molecule has 3 aromatic rings. The molecular weight excluding hydrogens is 434 g/mol. The number of nitrogens with zero attached hydrogens (tertiary/aromatic N) is 5. The standard InChI is InChI=1S/C26H24ClN5O/c1-18-26(25(33)32(29-18)21-7-3-2-4-8-21)16-19-10-11-20(27)15-22(19)31-14-13-30(17-23(26)31)24-9-5-6-12-28-24/h2-12,15,23H,13-14,16-17H2,1H3/t23-,26+/m1/s1. The summed E-state index contributed by atoms with van der Waals surface area (Å²) in [5.74, 6) is 0.966. The summed E-state index contributed by atoms with van der Waals surface area (Å²) >= 11 is 6.40. The van der Waals surface area contributed by atoms with Crippen LogP contribution in [0.4, 0.5) is 17.2 Å². The van der Waals surface area contributed by atoms with E-state index in [2.05, 4.69) is 20.9 Å². The molecule has 6 rings (SSSR count). The van der Waals surface area contributed by atoms with Gasteiger partial charge in [-0.2, -0.15) is 10.1 Å². The fourth-order valence-electron chi connectivity index (χ4n) is 5.57. The van der Waals surface area contributed by atoms with Gasteiger partial charge in [0.05, 0.1) is 17.4 Å². The Bertz CT molecular complexity index is 1250. The minimum absolute atomic E-state index is 0.0321. The highest BCUT2D eigenvalue weighted by atomic mass is 35.5. The van der Waals surface area contributed by atoms with Crippen molar-refractivity contribution in [3.63, 3.8) is 0 Å². The average molecular weight is 458 g/mol. The molecule has 1 amide bonds. The normalized spacial score (nSPS) is 24.1. The van der Waals surface area contributed by atoms with Crippen LogP contribution in [0.15, 0.2) is 78.0 Å². The monoisotopic (exact) mass is 457 g/mol. The highest BCUT2D eigenvalue weighted by molar-refractivity contribution is 6.31. The summed E-state index contributed by atoms with van der Waals surface area (Å²) in [7, 11) is 0. The highest BCUT2D eigenvalue weighted by Crippen LogP contribution is 2.48. The van der Waals surface area contributed by atoms with Crippen molar-refractivity contribution in [2.45, 2.75) is 19.4 Å². The van der Waals surface area contributed by atoms with Crippen molar-refractivity contribution >= 4 is 40.4 Å². The van der Waals surface area contributed by atoms with Crippen LogP contribution in [0.2, 0.25) is 5.02 Å². The fourth-order valence-corrected chi connectivity index (χ4v) is 5.74. The first kappa shape index (κ1) is 20.2. The third-order valence-electron chi connectivity index (χ3n) is 7.22. The molecule has 0 bridgehead atoms. The maximum Gasteiger partial charge on any atom is 0.261 e. The Morgan fingerprint density at radius 2 is 1.85 bits per heavy atom. The van der Waals surface area contributed by atoms with E-state index in [4.69, 9.17) is 16.7 Å². The molecule has 33 heavy (non-hydrogen) atoms. The van der Waals surface area contributed by atoms with Gasteiger partial charge in [-0.3, -0.25) is 4.79 Å². The molecular formula is C26H24ClN5O. The van der Waals surface area contributed by atoms with Crippen molar-refractivity contribution < 1.29 is 4.79 Å². The first-order valence-corrected chi connectivity index (χ1v) is 11.6. The molecule has 6 nitrogen and oxygen atoms in total. The van der Waals surface area contributed by atoms with Crippen LogP contribution in [-0.4, -0.2) is 42.3 Å². The van der Waals surface area contributed by atoms with Gasteiger partial charge < -0.3 is 9.80 Å². The summed E-state index contributed by atoms with van der Waals surface area (Å²) < 4.78 is 0. The third-order valence-corrected chi connectivity index (χ3v) is 7.45. The summed E-state index contributed by atoms with van der Waals surface area (Å²) in [5.41, 5.74) is 3.17. The Hall–Kier alpha value is -3.38. The molecule has 3 aliphatic heterocycles. The van der Waals surface area contributed by atoms with Crippen molar-refractivity contribution in [2.24, 2.45) is 10.5 Å². The molecule has 2 atom stereocenters. The maximum absolute atomic E-state index is 14.2. The molecule has 4 heterocycles. The van der Waals surface area contributed by atoms with E-state index in [-0.39, 0.29) is 11.9 Å². The van der Waals surface area contributed by atoms with E-state index in [1.807, 2.05) is 73.8 Å². The van der Waals surface area contributed by atoms with E-state index < -0.39 is 5.41 Å². The summed E-state index contributed by atoms with van der Waals surface area (Å²) in [5, 5.41) is 7.11. The lowest BCUT2D eigenvalue weighted by Crippen LogP contribution is -2.67. The number of amides is 1. The predicted molar refractivity (Wildman–Crippen MR) is 132 cm³/mol. The fraction of sp³-hybridized carbons (Fsp3) is 0.269. The topological polar surface area (TPSA) is 52.0 Å². The second-order valence-electron chi connectivity index (χ2n) is 8.90. The van der Waals surface area contributed by atoms with Crippen molar-refractivity contribution in [1.82, 2.24) is 4.98 Å². The maximum atomic E-state index is 14.2. The van der Waals surface area contributed by atoms with Gasteiger partial charge in [0, 0.05) is 36.5 Å². The van der Waals surface area contributed by atoms with Crippen LogP contribution in [0, 0.1) is 5.41 Å². The van der Waals surface area contributed by atoms with Crippen LogP contribution in [0.5, 0.6) is 0 Å². The minimum atomic E-state index is -0.746. The molecule has 0 aliphatic carbocycles. The number of para-hydroxylation sites is 1. The second kappa shape index (κ2) is 7.59. The lowest BCUT2D eigenvalue weighted by Gasteiger charge is -2.53. The first-order chi connectivity index (χ1) is 16.1. The molecule has 1 fully saturated rings. The van der Waals surface area contributed by atoms with E-state index in [9.17, 15) is 4.79 Å². The smallest absolute Gasteiger partial charge is 0.261 e. The van der Waals surface area contributed by atoms with Gasteiger partial charge in [-0.15, -0.1) is 0 Å². The van der Waals surface area contributed by atoms with E-state index in [0.717, 1.165) is 41.6 Å². The quantitative estimate of drug-likeness (QED) is 0.572. The molecule has 1 aromatic heterocycles. The van der Waals surface area contributed by atoms with Gasteiger partial charge in [-0.25, -0.2) is 4.98 Å². The number of aromatic nitrogens is 1. The molecule has 2 aromatic carbocycles. The SMILES string of the molecule is CC1=NN(c2ccccc2)C(=O)[C@@]12Cc1ccc(Cl)cc1N1CCN(c3ccccn3)C[C@@H]12. The van der Waals surface area contributed by atoms with E-state index in [0.29, 0.717) is 18.0 Å². The van der Waals surface area contributed by atoms with E-state index in [1.54, 1.807) is 5.01 Å². The van der Waals surface area contributed by atoms with Crippen molar-refractivity contribution in [3.8, 4) is 0 Å². The Balaban J connectivity index is 1.47. The number of hydrazone groups is 1. The summed E-state index contributed by atoms with van der Waals surface area (Å²) in [6.07, 6.45) is 2.42. The molecule has 1 spiro atoms. The van der Waals surface area contributed by atoms with Gasteiger partial charge in [0.15, 0.2) is 0 Å². The lowest BCUT2D eigenvalue weighted by atomic mass is 9.67. The zero-order valence-electron chi connectivity index (χ0n) is 18.4. The lowest BCUT2D eigenvalue weighted by molar-refractivity contribution is -0.125. The number of benzene rings is 2. The second-order valence-corrected chi connectivity index (χ2v) is 9.34. The Morgan fingerprint density at radius 3 is 2.64 bits per heavy atom. The van der Waals surface area contributed by atoms with Gasteiger partial charge in [-0.05, 0) is 55.3 Å². The van der Waals surface area contributed by atoms with Crippen LogP contribution in [0.1, 0.15) is 12.5 Å². The molecule has 7 heteroatoms. The van der Waals surface area contributed by atoms with Crippen LogP contribution in [-0.2, 0) is 11.2 Å². The molecule has 166 valence electrons. The van der Waals surface area contributed by atoms with Crippen LogP contribution in [0.3, 0.4) is 0 Å². The van der Waals surface area contributed by atoms with Gasteiger partial charge in [0.2, 0.25) is 0 Å². The summed E-state index contributed by atoms with van der Waals surface area (Å²) in [4.78, 5) is 23.4. The van der Waals surface area contributed by atoms with Gasteiger partial charge in [-0.1, -0.05) is 41.9 Å². The Labute approximate surface area is 198 Å². The number of rotatable bonds is 2. The van der Waals surface area contributed by atoms with E-state index >= 15 is 0 Å². The van der Waals surface area contributed by atoms with Crippen LogP contribution in [0.25, 0.3) is 0 Å². The molecule has 3 aliphatic rings. The number of anilines is 3. The number of piperazine rings is 1. The number of hydrogen-bond donors (Lipinski definition) is 0. The Morgan fingerprint density at radius 1 is 1.03 bits per heavy atom. The zero-order chi connectivity index (χ0) is 22.6. The van der Waals surface area contributed by atoms with Crippen molar-refractivity contribution in [2.75, 3.05) is 34.4 Å². The van der Waals surface area contributed by atoms with Gasteiger partial charge in [0.1, 0.15) is 11.2 Å². The average Bonchev–Trinajstić information content (AvgIpc) is 3.11. The van der Waals surface area contributed by atoms with Crippen LogP contribution >= 0.6 is 11.6 Å². The number of carbonyl (C=O) groups is 1. The van der Waals surface area contributed by atoms with Gasteiger partial charge in [0.25, 0.3) is 5.91 Å². The van der Waals surface area contributed by atoms with E-state index in [1.165, 1.54) is 0 Å². The molecule has 0 saturated carbocycles. The number of carbonyl (C=O) groups excluding carboxylic acids is 1. The number of halogens is 1. The third kappa shape index (κ3) is 3.04.